The molecule has 0 atom stereocenters. The van der Waals surface area contributed by atoms with Crippen LogP contribution in [0.1, 0.15) is 9.67 Å². The van der Waals surface area contributed by atoms with Gasteiger partial charge in [-0.05, 0) is 27.4 Å². The first-order chi connectivity index (χ1) is 7.58. The number of nitrogens with one attached hydrogen (secondary N) is 1. The molecule has 0 saturated carbocycles. The van der Waals surface area contributed by atoms with E-state index in [0.717, 1.165) is 0 Å². The summed E-state index contributed by atoms with van der Waals surface area (Å²) in [5.74, 6) is -1.19. The van der Waals surface area contributed by atoms with Gasteiger partial charge in [0.05, 0.1) is 0 Å². The average molecular weight is 303 g/mol. The lowest BCUT2D eigenvalue weighted by Gasteiger charge is -2.24. The molecule has 3 amide bonds. The van der Waals surface area contributed by atoms with Crippen LogP contribution in [0.15, 0.2) is 15.9 Å². The van der Waals surface area contributed by atoms with Gasteiger partial charge in [-0.15, -0.1) is 11.3 Å². The van der Waals surface area contributed by atoms with Crippen LogP contribution in [-0.2, 0) is 9.59 Å². The highest BCUT2D eigenvalue weighted by atomic mass is 79.9. The molecule has 1 aromatic rings. The van der Waals surface area contributed by atoms with Gasteiger partial charge in [-0.3, -0.25) is 19.7 Å². The van der Waals surface area contributed by atoms with E-state index in [1.807, 2.05) is 0 Å². The third kappa shape index (κ3) is 2.14. The van der Waals surface area contributed by atoms with Gasteiger partial charge in [0, 0.05) is 4.47 Å². The number of thiophene rings is 1. The normalized spacial score (nSPS) is 16.2. The lowest BCUT2D eigenvalue weighted by Crippen LogP contribution is -2.53. The molecule has 0 bridgehead atoms. The Bertz CT molecular complexity index is 455. The number of halogens is 1. The zero-order chi connectivity index (χ0) is 11.7. The fourth-order valence-electron chi connectivity index (χ4n) is 1.37. The van der Waals surface area contributed by atoms with Crippen molar-refractivity contribution >= 4 is 45.0 Å². The predicted molar refractivity (Wildman–Crippen MR) is 61.1 cm³/mol. The smallest absolute Gasteiger partial charge is 0.266 e. The minimum Gasteiger partial charge on any atom is -0.319 e. The number of rotatable bonds is 1. The Kier molecular flexibility index (Phi) is 3.06. The van der Waals surface area contributed by atoms with Crippen LogP contribution in [0, 0.1) is 0 Å². The van der Waals surface area contributed by atoms with Crippen LogP contribution in [0.4, 0.5) is 0 Å². The Balaban J connectivity index is 2.19. The second-order valence-corrected chi connectivity index (χ2v) is 5.00. The molecule has 0 unspecified atom stereocenters. The van der Waals surface area contributed by atoms with Crippen LogP contribution in [0.3, 0.4) is 0 Å². The number of nitrogens with zero attached hydrogens (tertiary/aromatic N) is 1. The minimum absolute atomic E-state index is 0.0745. The number of piperazine rings is 1. The van der Waals surface area contributed by atoms with E-state index in [4.69, 9.17) is 0 Å². The molecule has 2 rings (SSSR count). The summed E-state index contributed by atoms with van der Waals surface area (Å²) in [4.78, 5) is 35.9. The van der Waals surface area contributed by atoms with Gasteiger partial charge in [0.15, 0.2) is 0 Å². The fourth-order valence-corrected chi connectivity index (χ4v) is 2.88. The quantitative estimate of drug-likeness (QED) is 0.773. The fraction of sp³-hybridized carbons (Fsp3) is 0.222. The summed E-state index contributed by atoms with van der Waals surface area (Å²) in [6.07, 6.45) is 0. The molecule has 2 heterocycles. The summed E-state index contributed by atoms with van der Waals surface area (Å²) in [5, 5.41) is 3.91. The molecule has 5 nitrogen and oxygen atoms in total. The van der Waals surface area contributed by atoms with Crippen molar-refractivity contribution in [1.82, 2.24) is 10.2 Å². The minimum atomic E-state index is -0.447. The van der Waals surface area contributed by atoms with E-state index in [-0.39, 0.29) is 19.0 Å². The van der Waals surface area contributed by atoms with Gasteiger partial charge < -0.3 is 4.90 Å². The lowest BCUT2D eigenvalue weighted by molar-refractivity contribution is -0.135. The van der Waals surface area contributed by atoms with Crippen LogP contribution in [0.25, 0.3) is 0 Å². The van der Waals surface area contributed by atoms with Crippen LogP contribution >= 0.6 is 27.3 Å². The van der Waals surface area contributed by atoms with E-state index >= 15 is 0 Å². The molecule has 1 aromatic heterocycles. The third-order valence-corrected chi connectivity index (χ3v) is 3.87. The lowest BCUT2D eigenvalue weighted by atomic mass is 10.3. The summed E-state index contributed by atoms with van der Waals surface area (Å²) >= 11 is 4.51. The van der Waals surface area contributed by atoms with Crippen molar-refractivity contribution in [1.29, 1.82) is 0 Å². The van der Waals surface area contributed by atoms with Crippen LogP contribution in [0.5, 0.6) is 0 Å². The molecule has 0 aromatic carbocycles. The van der Waals surface area contributed by atoms with Crippen LogP contribution < -0.4 is 5.32 Å². The van der Waals surface area contributed by atoms with Gasteiger partial charge in [-0.25, -0.2) is 0 Å². The van der Waals surface area contributed by atoms with Gasteiger partial charge in [-0.2, -0.15) is 0 Å². The molecule has 1 aliphatic heterocycles. The topological polar surface area (TPSA) is 66.5 Å². The van der Waals surface area contributed by atoms with Crippen molar-refractivity contribution in [3.05, 3.63) is 20.8 Å². The number of hydrogen-bond acceptors (Lipinski definition) is 4. The Labute approximate surface area is 104 Å². The molecule has 16 heavy (non-hydrogen) atoms. The summed E-state index contributed by atoms with van der Waals surface area (Å²) in [5.41, 5.74) is 0. The number of carbonyl (C=O) groups excluding carboxylic acids is 3. The standard InChI is InChI=1S/C9H7BrN2O3S/c10-5-1-2-16-8(5)9(15)12-3-6(13)11-7(14)4-12/h1-2H,3-4H2,(H,11,13,14). The van der Waals surface area contributed by atoms with E-state index in [1.165, 1.54) is 16.2 Å². The van der Waals surface area contributed by atoms with Crippen LogP contribution in [-0.4, -0.2) is 35.7 Å². The number of hydrogen-bond donors (Lipinski definition) is 1. The van der Waals surface area contributed by atoms with Gasteiger partial charge in [0.2, 0.25) is 11.8 Å². The van der Waals surface area contributed by atoms with Crippen molar-refractivity contribution in [3.8, 4) is 0 Å². The largest absolute Gasteiger partial charge is 0.319 e. The second kappa shape index (κ2) is 4.34. The Morgan fingerprint density at radius 3 is 2.50 bits per heavy atom. The summed E-state index contributed by atoms with van der Waals surface area (Å²) in [6.45, 7) is -0.149. The molecule has 84 valence electrons. The molecule has 0 radical (unpaired) electrons. The van der Waals surface area contributed by atoms with E-state index in [1.54, 1.807) is 11.4 Å². The Hall–Kier alpha value is -1.21. The maximum absolute atomic E-state index is 11.9. The molecule has 0 aliphatic carbocycles. The SMILES string of the molecule is O=C1CN(C(=O)c2sccc2Br)CC(=O)N1. The summed E-state index contributed by atoms with van der Waals surface area (Å²) in [7, 11) is 0. The van der Waals surface area contributed by atoms with Crippen molar-refractivity contribution in [2.75, 3.05) is 13.1 Å². The molecule has 1 N–H and O–H groups in total. The van der Waals surface area contributed by atoms with Crippen molar-refractivity contribution in [3.63, 3.8) is 0 Å². The molecular weight excluding hydrogens is 296 g/mol. The summed E-state index contributed by atoms with van der Waals surface area (Å²) in [6, 6.07) is 1.75. The first-order valence-corrected chi connectivity index (χ1v) is 6.10. The number of carbonyl (C=O) groups is 3. The zero-order valence-electron chi connectivity index (χ0n) is 8.03. The van der Waals surface area contributed by atoms with E-state index in [0.29, 0.717) is 9.35 Å². The average Bonchev–Trinajstić information content (AvgIpc) is 2.62. The van der Waals surface area contributed by atoms with Gasteiger partial charge >= 0.3 is 0 Å². The second-order valence-electron chi connectivity index (χ2n) is 3.23. The van der Waals surface area contributed by atoms with Crippen molar-refractivity contribution < 1.29 is 14.4 Å². The Morgan fingerprint density at radius 1 is 1.38 bits per heavy atom. The molecule has 1 aliphatic rings. The van der Waals surface area contributed by atoms with Gasteiger partial charge in [-0.1, -0.05) is 0 Å². The van der Waals surface area contributed by atoms with E-state index in [2.05, 4.69) is 21.2 Å². The monoisotopic (exact) mass is 302 g/mol. The molecular formula is C9H7BrN2O3S. The predicted octanol–water partition coefficient (Wildman–Crippen LogP) is 0.609. The van der Waals surface area contributed by atoms with E-state index in [9.17, 15) is 14.4 Å². The number of amides is 3. The molecule has 0 spiro atoms. The molecule has 1 saturated heterocycles. The van der Waals surface area contributed by atoms with Crippen molar-refractivity contribution in [2.45, 2.75) is 0 Å². The third-order valence-electron chi connectivity index (χ3n) is 2.05. The van der Waals surface area contributed by atoms with Crippen LogP contribution in [0.2, 0.25) is 0 Å². The Morgan fingerprint density at radius 2 is 2.00 bits per heavy atom. The molecule has 1 fully saturated rings. The first kappa shape index (κ1) is 11.3. The first-order valence-electron chi connectivity index (χ1n) is 4.43. The van der Waals surface area contributed by atoms with Gasteiger partial charge in [0.25, 0.3) is 5.91 Å². The van der Waals surface area contributed by atoms with E-state index < -0.39 is 11.8 Å². The highest BCUT2D eigenvalue weighted by molar-refractivity contribution is 9.10. The van der Waals surface area contributed by atoms with Gasteiger partial charge in [0.1, 0.15) is 18.0 Å². The maximum atomic E-state index is 11.9. The highest BCUT2D eigenvalue weighted by Gasteiger charge is 2.28. The molecule has 7 heteroatoms. The van der Waals surface area contributed by atoms with Crippen molar-refractivity contribution in [2.24, 2.45) is 0 Å². The summed E-state index contributed by atoms with van der Waals surface area (Å²) < 4.78 is 0.681. The zero-order valence-corrected chi connectivity index (χ0v) is 10.4. The highest BCUT2D eigenvalue weighted by Crippen LogP contribution is 2.24. The number of imide groups is 1. The maximum Gasteiger partial charge on any atom is 0.266 e.